The van der Waals surface area contributed by atoms with Crippen LogP contribution >= 0.6 is 0 Å². The molecule has 3 saturated heterocycles. The lowest BCUT2D eigenvalue weighted by Gasteiger charge is -2.26. The third-order valence-corrected chi connectivity index (χ3v) is 7.01. The van der Waals surface area contributed by atoms with Crippen molar-refractivity contribution in [1.29, 1.82) is 0 Å². The molecule has 2 saturated carbocycles. The summed E-state index contributed by atoms with van der Waals surface area (Å²) in [7, 11) is 0. The molecule has 0 aromatic rings. The summed E-state index contributed by atoms with van der Waals surface area (Å²) in [6, 6.07) is 0. The second-order valence-electron chi connectivity index (χ2n) is 9.01. The molecule has 5 aliphatic rings. The van der Waals surface area contributed by atoms with Crippen molar-refractivity contribution in [2.24, 2.45) is 11.8 Å². The van der Waals surface area contributed by atoms with Crippen LogP contribution in [0.1, 0.15) is 52.4 Å². The highest BCUT2D eigenvalue weighted by Gasteiger charge is 2.57. The van der Waals surface area contributed by atoms with Gasteiger partial charge in [-0.2, -0.15) is 0 Å². The third kappa shape index (κ3) is 2.92. The van der Waals surface area contributed by atoms with Crippen LogP contribution in [0.4, 0.5) is 0 Å². The van der Waals surface area contributed by atoms with Crippen LogP contribution in [0.5, 0.6) is 0 Å². The van der Waals surface area contributed by atoms with Gasteiger partial charge >= 0.3 is 0 Å². The van der Waals surface area contributed by atoms with Crippen LogP contribution in [0, 0.1) is 11.8 Å². The first-order valence-electron chi connectivity index (χ1n) is 9.74. The zero-order valence-corrected chi connectivity index (χ0v) is 14.9. The molecular weight excluding hydrogens is 308 g/mol. The summed E-state index contributed by atoms with van der Waals surface area (Å²) >= 11 is 0. The first-order valence-corrected chi connectivity index (χ1v) is 9.74. The maximum atomic E-state index is 6.11. The molecule has 5 rings (SSSR count). The molecule has 5 heteroatoms. The number of fused-ring (bicyclic) bond motifs is 2. The highest BCUT2D eigenvalue weighted by molar-refractivity contribution is 5.04. The molecule has 0 amide bonds. The number of ether oxygens (including phenoxy) is 5. The Kier molecular flexibility index (Phi) is 3.77. The van der Waals surface area contributed by atoms with Crippen LogP contribution in [-0.4, -0.2) is 55.6 Å². The molecule has 8 unspecified atom stereocenters. The molecule has 0 bridgehead atoms. The minimum Gasteiger partial charge on any atom is -0.378 e. The van der Waals surface area contributed by atoms with E-state index in [0.29, 0.717) is 37.3 Å². The smallest absolute Gasteiger partial charge is 0.161 e. The Hall–Kier alpha value is -0.200. The fourth-order valence-electron chi connectivity index (χ4n) is 4.96. The molecule has 0 spiro atoms. The molecule has 3 aliphatic heterocycles. The minimum atomic E-state index is -0.0531. The Bertz CT molecular complexity index is 498. The highest BCUT2D eigenvalue weighted by Crippen LogP contribution is 2.51. The highest BCUT2D eigenvalue weighted by atomic mass is 16.7. The van der Waals surface area contributed by atoms with Crippen LogP contribution in [0.15, 0.2) is 0 Å². The van der Waals surface area contributed by atoms with Gasteiger partial charge < -0.3 is 23.7 Å². The lowest BCUT2D eigenvalue weighted by atomic mass is 9.82. The van der Waals surface area contributed by atoms with Gasteiger partial charge in [-0.1, -0.05) is 0 Å². The van der Waals surface area contributed by atoms with Crippen molar-refractivity contribution in [1.82, 2.24) is 0 Å². The predicted molar refractivity (Wildman–Crippen MR) is 86.7 cm³/mol. The predicted octanol–water partition coefficient (Wildman–Crippen LogP) is 2.66. The van der Waals surface area contributed by atoms with Crippen molar-refractivity contribution >= 4 is 0 Å². The molecule has 5 nitrogen and oxygen atoms in total. The fourth-order valence-corrected chi connectivity index (χ4v) is 4.96. The molecule has 0 radical (unpaired) electrons. The van der Waals surface area contributed by atoms with Gasteiger partial charge in [0, 0.05) is 12.5 Å². The van der Waals surface area contributed by atoms with Gasteiger partial charge in [0.2, 0.25) is 0 Å². The van der Waals surface area contributed by atoms with Crippen molar-refractivity contribution < 1.29 is 23.7 Å². The molecule has 8 atom stereocenters. The van der Waals surface area contributed by atoms with Crippen molar-refractivity contribution in [2.75, 3.05) is 19.8 Å². The van der Waals surface area contributed by atoms with E-state index in [2.05, 4.69) is 13.8 Å². The van der Waals surface area contributed by atoms with Crippen LogP contribution in [0.25, 0.3) is 0 Å². The zero-order valence-electron chi connectivity index (χ0n) is 14.9. The first kappa shape index (κ1) is 16.0. The summed E-state index contributed by atoms with van der Waals surface area (Å²) in [5.74, 6) is 1.13. The van der Waals surface area contributed by atoms with Crippen LogP contribution < -0.4 is 0 Å². The average Bonchev–Trinajstić information content (AvgIpc) is 3.36. The number of hydrogen-bond donors (Lipinski definition) is 0. The largest absolute Gasteiger partial charge is 0.378 e. The Morgan fingerprint density at radius 3 is 2.46 bits per heavy atom. The molecular formula is C19H30O5. The van der Waals surface area contributed by atoms with E-state index in [1.807, 2.05) is 0 Å². The van der Waals surface area contributed by atoms with Crippen LogP contribution in [0.3, 0.4) is 0 Å². The Morgan fingerprint density at radius 1 is 0.958 bits per heavy atom. The van der Waals surface area contributed by atoms with Crippen molar-refractivity contribution in [3.05, 3.63) is 0 Å². The van der Waals surface area contributed by atoms with E-state index in [1.165, 1.54) is 12.8 Å². The SMILES string of the molecule is CC12CCC(COCC3COC(C4CCC5(C)OC5C4)O3)CC1O2. The van der Waals surface area contributed by atoms with E-state index < -0.39 is 0 Å². The van der Waals surface area contributed by atoms with Crippen LogP contribution in [0.2, 0.25) is 0 Å². The molecule has 24 heavy (non-hydrogen) atoms. The maximum absolute atomic E-state index is 6.11. The maximum Gasteiger partial charge on any atom is 0.161 e. The average molecular weight is 338 g/mol. The molecule has 5 fully saturated rings. The molecule has 3 heterocycles. The van der Waals surface area contributed by atoms with E-state index >= 15 is 0 Å². The van der Waals surface area contributed by atoms with E-state index in [0.717, 1.165) is 32.3 Å². The standard InChI is InChI=1S/C19H30O5/c1-18-5-3-12(7-15(18)23-18)9-20-10-14-11-21-17(22-14)13-4-6-19(2)16(8-13)24-19/h12-17H,3-11H2,1-2H3. The summed E-state index contributed by atoms with van der Waals surface area (Å²) in [5.41, 5.74) is 0.367. The van der Waals surface area contributed by atoms with Gasteiger partial charge in [-0.15, -0.1) is 0 Å². The van der Waals surface area contributed by atoms with Gasteiger partial charge in [0.1, 0.15) is 6.10 Å². The number of rotatable bonds is 5. The van der Waals surface area contributed by atoms with Crippen LogP contribution in [-0.2, 0) is 23.7 Å². The number of epoxide rings is 2. The van der Waals surface area contributed by atoms with E-state index in [4.69, 9.17) is 23.7 Å². The van der Waals surface area contributed by atoms with Gasteiger partial charge in [-0.25, -0.2) is 0 Å². The lowest BCUT2D eigenvalue weighted by molar-refractivity contribution is -0.113. The van der Waals surface area contributed by atoms with Gasteiger partial charge in [-0.3, -0.25) is 0 Å². The lowest BCUT2D eigenvalue weighted by Crippen LogP contribution is -2.31. The summed E-state index contributed by atoms with van der Waals surface area (Å²) in [4.78, 5) is 0. The Balaban J connectivity index is 1.02. The second kappa shape index (κ2) is 5.65. The van der Waals surface area contributed by atoms with Gasteiger partial charge in [-0.05, 0) is 58.3 Å². The second-order valence-corrected chi connectivity index (χ2v) is 9.01. The summed E-state index contributed by atoms with van der Waals surface area (Å²) in [5, 5.41) is 0. The van der Waals surface area contributed by atoms with E-state index in [9.17, 15) is 0 Å². The summed E-state index contributed by atoms with van der Waals surface area (Å²) in [6.45, 7) is 6.61. The fraction of sp³-hybridized carbons (Fsp3) is 1.00. The molecule has 136 valence electrons. The third-order valence-electron chi connectivity index (χ3n) is 7.01. The monoisotopic (exact) mass is 338 g/mol. The van der Waals surface area contributed by atoms with Gasteiger partial charge in [0.05, 0.1) is 36.6 Å². The van der Waals surface area contributed by atoms with E-state index in [-0.39, 0.29) is 23.6 Å². The topological polar surface area (TPSA) is 52.8 Å². The Labute approximate surface area is 144 Å². The molecule has 0 N–H and O–H groups in total. The quantitative estimate of drug-likeness (QED) is 0.722. The summed E-state index contributed by atoms with van der Waals surface area (Å²) < 4.78 is 29.5. The number of hydrogen-bond acceptors (Lipinski definition) is 5. The van der Waals surface area contributed by atoms with Gasteiger partial charge in [0.15, 0.2) is 6.29 Å². The van der Waals surface area contributed by atoms with Gasteiger partial charge in [0.25, 0.3) is 0 Å². The Morgan fingerprint density at radius 2 is 1.71 bits per heavy atom. The van der Waals surface area contributed by atoms with Crippen molar-refractivity contribution in [2.45, 2.75) is 88.2 Å². The van der Waals surface area contributed by atoms with E-state index in [1.54, 1.807) is 0 Å². The normalized spacial score (nSPS) is 55.8. The minimum absolute atomic E-state index is 0.0531. The van der Waals surface area contributed by atoms with Crippen molar-refractivity contribution in [3.8, 4) is 0 Å². The zero-order chi connectivity index (χ0) is 16.4. The molecule has 2 aliphatic carbocycles. The van der Waals surface area contributed by atoms with Crippen molar-refractivity contribution in [3.63, 3.8) is 0 Å². The molecule has 0 aromatic heterocycles. The summed E-state index contributed by atoms with van der Waals surface area (Å²) in [6.07, 6.45) is 7.87. The first-order chi connectivity index (χ1) is 11.5. The molecule has 0 aromatic carbocycles.